The van der Waals surface area contributed by atoms with E-state index < -0.39 is 0 Å². The van der Waals surface area contributed by atoms with Gasteiger partial charge in [-0.25, -0.2) is 0 Å². The van der Waals surface area contributed by atoms with Crippen LogP contribution in [0.25, 0.3) is 10.8 Å². The molecule has 3 N–H and O–H groups in total. The van der Waals surface area contributed by atoms with Gasteiger partial charge < -0.3 is 11.2 Å². The van der Waals surface area contributed by atoms with Crippen molar-refractivity contribution in [3.8, 4) is 0 Å². The van der Waals surface area contributed by atoms with Crippen molar-refractivity contribution in [3.63, 3.8) is 0 Å². The monoisotopic (exact) mass is 289 g/mol. The predicted molar refractivity (Wildman–Crippen MR) is 90.1 cm³/mol. The number of carbonyl (C=O) groups excluding carboxylic acids is 1. The lowest BCUT2D eigenvalue weighted by molar-refractivity contribution is 0.102. The third kappa shape index (κ3) is 2.96. The lowest BCUT2D eigenvalue weighted by Crippen LogP contribution is -2.11. The number of para-hydroxylation sites is 1. The third-order valence-electron chi connectivity index (χ3n) is 3.38. The number of nitrogens with zero attached hydrogens (tertiary/aromatic N) is 1. The van der Waals surface area contributed by atoms with Gasteiger partial charge in [0, 0.05) is 11.3 Å². The Labute approximate surface area is 128 Å². The maximum absolute atomic E-state index is 12.3. The van der Waals surface area contributed by atoms with Gasteiger partial charge in [-0.15, -0.1) is 0 Å². The van der Waals surface area contributed by atoms with Crippen molar-refractivity contribution in [1.82, 2.24) is 0 Å². The molecule has 0 aliphatic heterocycles. The van der Waals surface area contributed by atoms with Gasteiger partial charge in [-0.05, 0) is 46.7 Å². The van der Waals surface area contributed by atoms with Crippen molar-refractivity contribution in [3.05, 3.63) is 77.9 Å². The smallest absolute Gasteiger partial charge is 0.255 e. The summed E-state index contributed by atoms with van der Waals surface area (Å²) in [6, 6.07) is 20.8. The molecule has 0 atom stereocenters. The van der Waals surface area contributed by atoms with Crippen LogP contribution in [0.15, 0.2) is 71.8 Å². The van der Waals surface area contributed by atoms with Gasteiger partial charge in [0.1, 0.15) is 0 Å². The third-order valence-corrected chi connectivity index (χ3v) is 3.38. The molecule has 3 aromatic rings. The highest BCUT2D eigenvalue weighted by Crippen LogP contribution is 2.18. The molecule has 3 aromatic carbocycles. The SMILES string of the molecule is NN=Cc1ccc2cc(C(=O)Nc3ccccc3)ccc2c1. The van der Waals surface area contributed by atoms with Gasteiger partial charge in [0.2, 0.25) is 0 Å². The van der Waals surface area contributed by atoms with E-state index in [1.807, 2.05) is 66.7 Å². The van der Waals surface area contributed by atoms with Gasteiger partial charge in [-0.2, -0.15) is 5.10 Å². The average molecular weight is 289 g/mol. The molecular weight excluding hydrogens is 274 g/mol. The van der Waals surface area contributed by atoms with Crippen molar-refractivity contribution < 1.29 is 4.79 Å². The first-order chi connectivity index (χ1) is 10.8. The molecule has 0 heterocycles. The topological polar surface area (TPSA) is 67.5 Å². The predicted octanol–water partition coefficient (Wildman–Crippen LogP) is 3.38. The standard InChI is InChI=1S/C18H15N3O/c19-20-12-13-6-7-15-11-16(9-8-14(15)10-13)18(22)21-17-4-2-1-3-5-17/h1-12H,19H2,(H,21,22). The Morgan fingerprint density at radius 2 is 1.68 bits per heavy atom. The van der Waals surface area contributed by atoms with Crippen LogP contribution in [-0.2, 0) is 0 Å². The Bertz CT molecular complexity index is 841. The maximum Gasteiger partial charge on any atom is 0.255 e. The first-order valence-corrected chi connectivity index (χ1v) is 6.90. The highest BCUT2D eigenvalue weighted by molar-refractivity contribution is 6.06. The fourth-order valence-electron chi connectivity index (χ4n) is 2.30. The molecule has 0 fully saturated rings. The van der Waals surface area contributed by atoms with Crippen LogP contribution in [0.1, 0.15) is 15.9 Å². The highest BCUT2D eigenvalue weighted by Gasteiger charge is 2.07. The molecule has 0 bridgehead atoms. The molecule has 0 spiro atoms. The van der Waals surface area contributed by atoms with Crippen molar-refractivity contribution >= 4 is 28.6 Å². The van der Waals surface area contributed by atoms with Gasteiger partial charge in [0.05, 0.1) is 6.21 Å². The Morgan fingerprint density at radius 3 is 2.45 bits per heavy atom. The zero-order chi connectivity index (χ0) is 15.4. The molecular formula is C18H15N3O. The first-order valence-electron chi connectivity index (χ1n) is 6.90. The molecule has 4 nitrogen and oxygen atoms in total. The molecule has 0 aliphatic rings. The Morgan fingerprint density at radius 1 is 0.955 bits per heavy atom. The maximum atomic E-state index is 12.3. The summed E-state index contributed by atoms with van der Waals surface area (Å²) in [5.74, 6) is 5.03. The van der Waals surface area contributed by atoms with Crippen molar-refractivity contribution in [1.29, 1.82) is 0 Å². The van der Waals surface area contributed by atoms with Crippen LogP contribution in [0, 0.1) is 0 Å². The van der Waals surface area contributed by atoms with Crippen LogP contribution in [-0.4, -0.2) is 12.1 Å². The minimum absolute atomic E-state index is 0.124. The number of benzene rings is 3. The van der Waals surface area contributed by atoms with Crippen LogP contribution in [0.2, 0.25) is 0 Å². The normalized spacial score (nSPS) is 10.9. The van der Waals surface area contributed by atoms with Crippen LogP contribution in [0.3, 0.4) is 0 Å². The van der Waals surface area contributed by atoms with E-state index in [0.717, 1.165) is 22.0 Å². The van der Waals surface area contributed by atoms with Gasteiger partial charge in [-0.3, -0.25) is 4.79 Å². The van der Waals surface area contributed by atoms with E-state index in [4.69, 9.17) is 5.84 Å². The molecule has 22 heavy (non-hydrogen) atoms. The summed E-state index contributed by atoms with van der Waals surface area (Å²) in [6.45, 7) is 0. The molecule has 0 aromatic heterocycles. The van der Waals surface area contributed by atoms with E-state index in [9.17, 15) is 4.79 Å². The van der Waals surface area contributed by atoms with Gasteiger partial charge in [-0.1, -0.05) is 36.4 Å². The average Bonchev–Trinajstić information content (AvgIpc) is 2.55. The van der Waals surface area contributed by atoms with Gasteiger partial charge >= 0.3 is 0 Å². The summed E-state index contributed by atoms with van der Waals surface area (Å²) in [5.41, 5.74) is 2.33. The fraction of sp³-hybridized carbons (Fsp3) is 0. The van der Waals surface area contributed by atoms with Gasteiger partial charge in [0.25, 0.3) is 5.91 Å². The number of amides is 1. The Kier molecular flexibility index (Phi) is 3.83. The molecule has 4 heteroatoms. The summed E-state index contributed by atoms with van der Waals surface area (Å²) in [6.07, 6.45) is 1.59. The largest absolute Gasteiger partial charge is 0.323 e. The van der Waals surface area contributed by atoms with Crippen molar-refractivity contribution in [2.24, 2.45) is 10.9 Å². The zero-order valence-corrected chi connectivity index (χ0v) is 11.9. The Hall–Kier alpha value is -3.14. The van der Waals surface area contributed by atoms with Crippen LogP contribution >= 0.6 is 0 Å². The van der Waals surface area contributed by atoms with E-state index >= 15 is 0 Å². The number of hydrogen-bond donors (Lipinski definition) is 2. The second-order valence-electron chi connectivity index (χ2n) is 4.92. The van der Waals surface area contributed by atoms with E-state index in [1.165, 1.54) is 0 Å². The number of hydrogen-bond acceptors (Lipinski definition) is 3. The van der Waals surface area contributed by atoms with E-state index in [1.54, 1.807) is 6.21 Å². The molecule has 0 radical (unpaired) electrons. The first kappa shape index (κ1) is 13.8. The summed E-state index contributed by atoms with van der Waals surface area (Å²) in [4.78, 5) is 12.3. The number of anilines is 1. The number of nitrogens with two attached hydrogens (primary N) is 1. The summed E-state index contributed by atoms with van der Waals surface area (Å²) in [5, 5.41) is 8.43. The van der Waals surface area contributed by atoms with Crippen molar-refractivity contribution in [2.75, 3.05) is 5.32 Å². The minimum Gasteiger partial charge on any atom is -0.323 e. The van der Waals surface area contributed by atoms with Crippen molar-refractivity contribution in [2.45, 2.75) is 0 Å². The molecule has 3 rings (SSSR count). The molecule has 1 amide bonds. The number of fused-ring (bicyclic) bond motifs is 1. The Balaban J connectivity index is 1.88. The lowest BCUT2D eigenvalue weighted by Gasteiger charge is -2.06. The number of nitrogens with one attached hydrogen (secondary N) is 1. The summed E-state index contributed by atoms with van der Waals surface area (Å²) < 4.78 is 0. The minimum atomic E-state index is -0.124. The van der Waals surface area contributed by atoms with E-state index in [-0.39, 0.29) is 5.91 Å². The number of hydrazone groups is 1. The second-order valence-corrected chi connectivity index (χ2v) is 4.92. The molecule has 0 unspecified atom stereocenters. The fourth-order valence-corrected chi connectivity index (χ4v) is 2.30. The van der Waals surface area contributed by atoms with Crippen LogP contribution in [0.5, 0.6) is 0 Å². The summed E-state index contributed by atoms with van der Waals surface area (Å²) >= 11 is 0. The number of carbonyl (C=O) groups is 1. The highest BCUT2D eigenvalue weighted by atomic mass is 16.1. The molecule has 108 valence electrons. The van der Waals surface area contributed by atoms with E-state index in [0.29, 0.717) is 5.56 Å². The van der Waals surface area contributed by atoms with Crippen LogP contribution < -0.4 is 11.2 Å². The van der Waals surface area contributed by atoms with E-state index in [2.05, 4.69) is 10.4 Å². The van der Waals surface area contributed by atoms with Crippen LogP contribution in [0.4, 0.5) is 5.69 Å². The molecule has 0 aliphatic carbocycles. The second kappa shape index (κ2) is 6.10. The van der Waals surface area contributed by atoms with Gasteiger partial charge in [0.15, 0.2) is 0 Å². The quantitative estimate of drug-likeness (QED) is 0.441. The molecule has 0 saturated heterocycles. The zero-order valence-electron chi connectivity index (χ0n) is 11.9. The number of rotatable bonds is 3. The molecule has 0 saturated carbocycles. The lowest BCUT2D eigenvalue weighted by atomic mass is 10.0. The summed E-state index contributed by atoms with van der Waals surface area (Å²) in [7, 11) is 0.